The number of hydrogen-bond acceptors (Lipinski definition) is 2. The Morgan fingerprint density at radius 3 is 2.35 bits per heavy atom. The SMILES string of the molecule is CC(NCC(=O)Nc1ccccc1)C(C)(C)C. The van der Waals surface area contributed by atoms with Crippen LogP contribution in [0.15, 0.2) is 30.3 Å². The van der Waals surface area contributed by atoms with E-state index in [1.54, 1.807) is 0 Å². The molecule has 3 heteroatoms. The van der Waals surface area contributed by atoms with Gasteiger partial charge in [-0.25, -0.2) is 0 Å². The van der Waals surface area contributed by atoms with Crippen molar-refractivity contribution in [2.75, 3.05) is 11.9 Å². The molecule has 0 aliphatic heterocycles. The summed E-state index contributed by atoms with van der Waals surface area (Å²) in [6.07, 6.45) is 0. The molecule has 0 saturated heterocycles. The largest absolute Gasteiger partial charge is 0.325 e. The highest BCUT2D eigenvalue weighted by Gasteiger charge is 2.19. The minimum Gasteiger partial charge on any atom is -0.325 e. The Morgan fingerprint density at radius 2 is 1.82 bits per heavy atom. The summed E-state index contributed by atoms with van der Waals surface area (Å²) in [5, 5.41) is 6.08. The van der Waals surface area contributed by atoms with Gasteiger partial charge in [-0.05, 0) is 24.5 Å². The third-order valence-electron chi connectivity index (χ3n) is 2.93. The molecular weight excluding hydrogens is 212 g/mol. The summed E-state index contributed by atoms with van der Waals surface area (Å²) in [5.74, 6) is -0.00713. The number of rotatable bonds is 4. The molecule has 1 rings (SSSR count). The maximum Gasteiger partial charge on any atom is 0.238 e. The van der Waals surface area contributed by atoms with E-state index in [1.807, 2.05) is 30.3 Å². The standard InChI is InChI=1S/C14H22N2O/c1-11(14(2,3)4)15-10-13(17)16-12-8-6-5-7-9-12/h5-9,11,15H,10H2,1-4H3,(H,16,17). The van der Waals surface area contributed by atoms with E-state index in [9.17, 15) is 4.79 Å². The highest BCUT2D eigenvalue weighted by Crippen LogP contribution is 2.18. The van der Waals surface area contributed by atoms with Crippen LogP contribution < -0.4 is 10.6 Å². The van der Waals surface area contributed by atoms with Crippen molar-refractivity contribution in [3.05, 3.63) is 30.3 Å². The van der Waals surface area contributed by atoms with E-state index >= 15 is 0 Å². The molecule has 94 valence electrons. The van der Waals surface area contributed by atoms with Gasteiger partial charge < -0.3 is 10.6 Å². The third kappa shape index (κ3) is 5.00. The molecule has 1 atom stereocenters. The monoisotopic (exact) mass is 234 g/mol. The summed E-state index contributed by atoms with van der Waals surface area (Å²) in [6, 6.07) is 9.79. The lowest BCUT2D eigenvalue weighted by molar-refractivity contribution is -0.115. The number of amides is 1. The van der Waals surface area contributed by atoms with Crippen molar-refractivity contribution in [1.82, 2.24) is 5.32 Å². The first-order valence-electron chi connectivity index (χ1n) is 5.98. The Balaban J connectivity index is 2.36. The molecule has 0 bridgehead atoms. The van der Waals surface area contributed by atoms with Gasteiger partial charge in [-0.2, -0.15) is 0 Å². The second-order valence-electron chi connectivity index (χ2n) is 5.38. The van der Waals surface area contributed by atoms with Crippen LogP contribution in [-0.2, 0) is 4.79 Å². The van der Waals surface area contributed by atoms with Crippen LogP contribution in [0.2, 0.25) is 0 Å². The molecular formula is C14H22N2O. The molecule has 17 heavy (non-hydrogen) atoms. The Bertz CT molecular complexity index is 354. The summed E-state index contributed by atoms with van der Waals surface area (Å²) in [5.41, 5.74) is 0.996. The summed E-state index contributed by atoms with van der Waals surface area (Å²) < 4.78 is 0. The highest BCUT2D eigenvalue weighted by molar-refractivity contribution is 5.92. The average molecular weight is 234 g/mol. The number of carbonyl (C=O) groups excluding carboxylic acids is 1. The molecule has 0 heterocycles. The van der Waals surface area contributed by atoms with E-state index in [0.29, 0.717) is 12.6 Å². The van der Waals surface area contributed by atoms with Crippen molar-refractivity contribution in [1.29, 1.82) is 0 Å². The summed E-state index contributed by atoms with van der Waals surface area (Å²) in [4.78, 5) is 11.7. The maximum atomic E-state index is 11.7. The molecule has 2 N–H and O–H groups in total. The van der Waals surface area contributed by atoms with Gasteiger partial charge in [-0.3, -0.25) is 4.79 Å². The third-order valence-corrected chi connectivity index (χ3v) is 2.93. The van der Waals surface area contributed by atoms with Crippen LogP contribution >= 0.6 is 0 Å². The molecule has 1 aromatic rings. The van der Waals surface area contributed by atoms with Crippen molar-refractivity contribution in [3.8, 4) is 0 Å². The Labute approximate surface area is 104 Å². The fourth-order valence-electron chi connectivity index (χ4n) is 1.28. The lowest BCUT2D eigenvalue weighted by atomic mass is 9.88. The summed E-state index contributed by atoms with van der Waals surface area (Å²) >= 11 is 0. The zero-order valence-electron chi connectivity index (χ0n) is 11.1. The van der Waals surface area contributed by atoms with E-state index in [0.717, 1.165) is 5.69 Å². The fraction of sp³-hybridized carbons (Fsp3) is 0.500. The lowest BCUT2D eigenvalue weighted by Crippen LogP contribution is -2.41. The van der Waals surface area contributed by atoms with Gasteiger partial charge in [0.25, 0.3) is 0 Å². The minimum atomic E-state index is -0.00713. The zero-order chi connectivity index (χ0) is 12.9. The Kier molecular flexibility index (Phi) is 4.70. The van der Waals surface area contributed by atoms with Crippen LogP contribution in [0.1, 0.15) is 27.7 Å². The first-order valence-corrected chi connectivity index (χ1v) is 5.98. The Morgan fingerprint density at radius 1 is 1.24 bits per heavy atom. The number of anilines is 1. The molecule has 0 spiro atoms. The average Bonchev–Trinajstić information content (AvgIpc) is 2.26. The predicted molar refractivity (Wildman–Crippen MR) is 72.0 cm³/mol. The van der Waals surface area contributed by atoms with Crippen LogP contribution in [0.3, 0.4) is 0 Å². The van der Waals surface area contributed by atoms with Crippen LogP contribution in [0, 0.1) is 5.41 Å². The zero-order valence-corrected chi connectivity index (χ0v) is 11.1. The predicted octanol–water partition coefficient (Wildman–Crippen LogP) is 2.65. The van der Waals surface area contributed by atoms with Crippen molar-refractivity contribution < 1.29 is 4.79 Å². The van der Waals surface area contributed by atoms with Crippen LogP contribution in [0.4, 0.5) is 5.69 Å². The molecule has 0 aliphatic rings. The van der Waals surface area contributed by atoms with Crippen LogP contribution in [0.5, 0.6) is 0 Å². The van der Waals surface area contributed by atoms with Gasteiger partial charge in [0.05, 0.1) is 6.54 Å². The topological polar surface area (TPSA) is 41.1 Å². The second-order valence-corrected chi connectivity index (χ2v) is 5.38. The minimum absolute atomic E-state index is 0.00713. The number of para-hydroxylation sites is 1. The van der Waals surface area contributed by atoms with Crippen molar-refractivity contribution in [2.24, 2.45) is 5.41 Å². The van der Waals surface area contributed by atoms with Gasteiger partial charge in [0.2, 0.25) is 5.91 Å². The molecule has 0 aliphatic carbocycles. The van der Waals surface area contributed by atoms with E-state index in [2.05, 4.69) is 38.3 Å². The smallest absolute Gasteiger partial charge is 0.238 e. The van der Waals surface area contributed by atoms with Gasteiger partial charge in [0.1, 0.15) is 0 Å². The lowest BCUT2D eigenvalue weighted by Gasteiger charge is -2.27. The van der Waals surface area contributed by atoms with Crippen LogP contribution in [-0.4, -0.2) is 18.5 Å². The number of hydrogen-bond donors (Lipinski definition) is 2. The van der Waals surface area contributed by atoms with Gasteiger partial charge in [0.15, 0.2) is 0 Å². The first kappa shape index (κ1) is 13.7. The highest BCUT2D eigenvalue weighted by atomic mass is 16.1. The van der Waals surface area contributed by atoms with Crippen LogP contribution in [0.25, 0.3) is 0 Å². The molecule has 0 radical (unpaired) electrons. The maximum absolute atomic E-state index is 11.7. The van der Waals surface area contributed by atoms with Crippen molar-refractivity contribution in [3.63, 3.8) is 0 Å². The van der Waals surface area contributed by atoms with Crippen molar-refractivity contribution in [2.45, 2.75) is 33.7 Å². The molecule has 1 amide bonds. The van der Waals surface area contributed by atoms with Gasteiger partial charge in [-0.15, -0.1) is 0 Å². The van der Waals surface area contributed by atoms with Gasteiger partial charge in [0, 0.05) is 11.7 Å². The number of nitrogens with one attached hydrogen (secondary N) is 2. The second kappa shape index (κ2) is 5.82. The normalized spacial score (nSPS) is 13.2. The van der Waals surface area contributed by atoms with Crippen molar-refractivity contribution >= 4 is 11.6 Å². The number of carbonyl (C=O) groups is 1. The van der Waals surface area contributed by atoms with Gasteiger partial charge in [-0.1, -0.05) is 39.0 Å². The molecule has 0 fully saturated rings. The molecule has 1 aromatic carbocycles. The molecule has 0 aromatic heterocycles. The fourth-order valence-corrected chi connectivity index (χ4v) is 1.28. The molecule has 3 nitrogen and oxygen atoms in total. The summed E-state index contributed by atoms with van der Waals surface area (Å²) in [6.45, 7) is 8.89. The van der Waals surface area contributed by atoms with E-state index < -0.39 is 0 Å². The summed E-state index contributed by atoms with van der Waals surface area (Å²) in [7, 11) is 0. The Hall–Kier alpha value is -1.35. The molecule has 0 saturated carbocycles. The van der Waals surface area contributed by atoms with E-state index in [-0.39, 0.29) is 11.3 Å². The van der Waals surface area contributed by atoms with E-state index in [1.165, 1.54) is 0 Å². The quantitative estimate of drug-likeness (QED) is 0.841. The van der Waals surface area contributed by atoms with E-state index in [4.69, 9.17) is 0 Å². The van der Waals surface area contributed by atoms with Gasteiger partial charge >= 0.3 is 0 Å². The molecule has 1 unspecified atom stereocenters. The number of benzene rings is 1. The first-order chi connectivity index (χ1) is 7.89.